The van der Waals surface area contributed by atoms with Crippen LogP contribution in [0.4, 0.5) is 14.5 Å². The van der Waals surface area contributed by atoms with Crippen LogP contribution in [-0.4, -0.2) is 5.91 Å². The average Bonchev–Trinajstić information content (AvgIpc) is 2.12. The number of carbonyl (C=O) groups excluding carboxylic acids is 1. The van der Waals surface area contributed by atoms with E-state index in [4.69, 9.17) is 0 Å². The van der Waals surface area contributed by atoms with Crippen molar-refractivity contribution in [1.29, 1.82) is 0 Å². The van der Waals surface area contributed by atoms with E-state index in [1.165, 1.54) is 6.07 Å². The van der Waals surface area contributed by atoms with Crippen molar-refractivity contribution < 1.29 is 13.6 Å². The molecule has 14 heavy (non-hydrogen) atoms. The third-order valence-corrected chi connectivity index (χ3v) is 1.68. The second-order valence-corrected chi connectivity index (χ2v) is 2.93. The van der Waals surface area contributed by atoms with Crippen molar-refractivity contribution in [2.24, 2.45) is 0 Å². The van der Waals surface area contributed by atoms with Crippen molar-refractivity contribution in [2.45, 2.75) is 19.8 Å². The number of halogens is 2. The number of nitrogens with one attached hydrogen (secondary N) is 1. The molecule has 0 atom stereocenters. The Balaban J connectivity index is 2.68. The third kappa shape index (κ3) is 2.80. The van der Waals surface area contributed by atoms with Crippen LogP contribution in [-0.2, 0) is 4.79 Å². The maximum absolute atomic E-state index is 12.7. The molecule has 0 fully saturated rings. The van der Waals surface area contributed by atoms with E-state index in [0.717, 1.165) is 18.6 Å². The first-order valence-corrected chi connectivity index (χ1v) is 4.38. The number of amides is 1. The van der Waals surface area contributed by atoms with Gasteiger partial charge in [-0.3, -0.25) is 4.79 Å². The minimum atomic E-state index is -0.959. The van der Waals surface area contributed by atoms with Crippen molar-refractivity contribution in [2.75, 3.05) is 5.32 Å². The quantitative estimate of drug-likeness (QED) is 0.796. The lowest BCUT2D eigenvalue weighted by molar-refractivity contribution is -0.116. The number of carbonyl (C=O) groups is 1. The van der Waals surface area contributed by atoms with Gasteiger partial charge in [0, 0.05) is 18.2 Å². The summed E-state index contributed by atoms with van der Waals surface area (Å²) in [6, 6.07) is 3.27. The Morgan fingerprint density at radius 3 is 2.64 bits per heavy atom. The zero-order valence-electron chi connectivity index (χ0n) is 7.81. The maximum Gasteiger partial charge on any atom is 0.224 e. The molecule has 2 nitrogen and oxygen atoms in total. The Labute approximate surface area is 80.9 Å². The Morgan fingerprint density at radius 2 is 2.07 bits per heavy atom. The number of hydrogen-bond donors (Lipinski definition) is 1. The Bertz CT molecular complexity index is 339. The van der Waals surface area contributed by atoms with Crippen LogP contribution < -0.4 is 5.32 Å². The molecule has 1 aromatic carbocycles. The number of rotatable bonds is 3. The maximum atomic E-state index is 12.7. The molecular formula is C10H11F2NO. The molecule has 0 spiro atoms. The van der Waals surface area contributed by atoms with Gasteiger partial charge >= 0.3 is 0 Å². The smallest absolute Gasteiger partial charge is 0.224 e. The van der Waals surface area contributed by atoms with Gasteiger partial charge in [0.2, 0.25) is 5.91 Å². The molecule has 0 aromatic heterocycles. The Morgan fingerprint density at radius 1 is 1.36 bits per heavy atom. The first kappa shape index (κ1) is 10.6. The van der Waals surface area contributed by atoms with Gasteiger partial charge in [0.25, 0.3) is 0 Å². The molecule has 1 N–H and O–H groups in total. The second kappa shape index (κ2) is 4.69. The van der Waals surface area contributed by atoms with Crippen LogP contribution in [0.5, 0.6) is 0 Å². The summed E-state index contributed by atoms with van der Waals surface area (Å²) in [5.41, 5.74) is 0.280. The Kier molecular flexibility index (Phi) is 3.56. The van der Waals surface area contributed by atoms with E-state index < -0.39 is 11.6 Å². The molecular weight excluding hydrogens is 188 g/mol. The lowest BCUT2D eigenvalue weighted by Crippen LogP contribution is -2.10. The van der Waals surface area contributed by atoms with Crippen molar-refractivity contribution in [1.82, 2.24) is 0 Å². The molecule has 1 amide bonds. The molecule has 1 aromatic rings. The minimum Gasteiger partial charge on any atom is -0.326 e. The van der Waals surface area contributed by atoms with E-state index in [0.29, 0.717) is 6.42 Å². The number of hydrogen-bond acceptors (Lipinski definition) is 1. The van der Waals surface area contributed by atoms with Crippen LogP contribution in [0.2, 0.25) is 0 Å². The first-order chi connectivity index (χ1) is 6.63. The molecule has 0 saturated heterocycles. The molecule has 0 radical (unpaired) electrons. The van der Waals surface area contributed by atoms with Crippen molar-refractivity contribution in [3.05, 3.63) is 29.8 Å². The summed E-state index contributed by atoms with van der Waals surface area (Å²) in [6.07, 6.45) is 1.09. The lowest BCUT2D eigenvalue weighted by atomic mass is 10.2. The highest BCUT2D eigenvalue weighted by atomic mass is 19.2. The van der Waals surface area contributed by atoms with Gasteiger partial charge in [-0.2, -0.15) is 0 Å². The van der Waals surface area contributed by atoms with Crippen molar-refractivity contribution in [3.63, 3.8) is 0 Å². The second-order valence-electron chi connectivity index (χ2n) is 2.93. The van der Waals surface area contributed by atoms with E-state index in [1.54, 1.807) is 0 Å². The molecule has 0 aliphatic carbocycles. The van der Waals surface area contributed by atoms with Gasteiger partial charge in [0.15, 0.2) is 11.6 Å². The highest BCUT2D eigenvalue weighted by molar-refractivity contribution is 5.90. The summed E-state index contributed by atoms with van der Waals surface area (Å²) < 4.78 is 25.2. The van der Waals surface area contributed by atoms with Crippen LogP contribution in [0.3, 0.4) is 0 Å². The van der Waals surface area contributed by atoms with Crippen LogP contribution in [0, 0.1) is 11.6 Å². The molecule has 0 bridgehead atoms. The van der Waals surface area contributed by atoms with E-state index in [9.17, 15) is 13.6 Å². The number of benzene rings is 1. The van der Waals surface area contributed by atoms with Crippen LogP contribution in [0.15, 0.2) is 18.2 Å². The zero-order chi connectivity index (χ0) is 10.6. The van der Waals surface area contributed by atoms with Crippen LogP contribution >= 0.6 is 0 Å². The highest BCUT2D eigenvalue weighted by Gasteiger charge is 2.04. The topological polar surface area (TPSA) is 29.1 Å². The van der Waals surface area contributed by atoms with Gasteiger partial charge in [-0.15, -0.1) is 0 Å². The van der Waals surface area contributed by atoms with Gasteiger partial charge < -0.3 is 5.32 Å². The SMILES string of the molecule is CCCC(=O)Nc1ccc(F)c(F)c1. The minimum absolute atomic E-state index is 0.196. The lowest BCUT2D eigenvalue weighted by Gasteiger charge is -2.03. The first-order valence-electron chi connectivity index (χ1n) is 4.38. The molecule has 0 heterocycles. The molecule has 1 rings (SSSR count). The highest BCUT2D eigenvalue weighted by Crippen LogP contribution is 2.13. The van der Waals surface area contributed by atoms with E-state index in [2.05, 4.69) is 5.32 Å². The van der Waals surface area contributed by atoms with Crippen molar-refractivity contribution >= 4 is 11.6 Å². The molecule has 0 saturated carbocycles. The number of anilines is 1. The van der Waals surface area contributed by atoms with E-state index in [1.807, 2.05) is 6.92 Å². The average molecular weight is 199 g/mol. The standard InChI is InChI=1S/C10H11F2NO/c1-2-3-10(14)13-7-4-5-8(11)9(12)6-7/h4-6H,2-3H2,1H3,(H,13,14). The summed E-state index contributed by atoms with van der Waals surface area (Å²) in [5, 5.41) is 2.47. The fourth-order valence-corrected chi connectivity index (χ4v) is 1.02. The van der Waals surface area contributed by atoms with E-state index >= 15 is 0 Å². The van der Waals surface area contributed by atoms with Gasteiger partial charge in [-0.1, -0.05) is 6.92 Å². The summed E-state index contributed by atoms with van der Waals surface area (Å²) in [7, 11) is 0. The predicted molar refractivity (Wildman–Crippen MR) is 49.9 cm³/mol. The zero-order valence-corrected chi connectivity index (χ0v) is 7.81. The molecule has 4 heteroatoms. The van der Waals surface area contributed by atoms with Gasteiger partial charge in [0.1, 0.15) is 0 Å². The van der Waals surface area contributed by atoms with Crippen molar-refractivity contribution in [3.8, 4) is 0 Å². The summed E-state index contributed by atoms with van der Waals surface area (Å²) >= 11 is 0. The van der Waals surface area contributed by atoms with E-state index in [-0.39, 0.29) is 11.6 Å². The Hall–Kier alpha value is -1.45. The normalized spacial score (nSPS) is 9.93. The summed E-state index contributed by atoms with van der Waals surface area (Å²) in [4.78, 5) is 11.1. The van der Waals surface area contributed by atoms with Gasteiger partial charge in [0.05, 0.1) is 0 Å². The van der Waals surface area contributed by atoms with Gasteiger partial charge in [-0.25, -0.2) is 8.78 Å². The van der Waals surface area contributed by atoms with Gasteiger partial charge in [-0.05, 0) is 18.6 Å². The summed E-state index contributed by atoms with van der Waals surface area (Å²) in [5.74, 6) is -2.07. The molecule has 0 aliphatic heterocycles. The van der Waals surface area contributed by atoms with Crippen LogP contribution in [0.25, 0.3) is 0 Å². The molecule has 0 aliphatic rings. The third-order valence-electron chi connectivity index (χ3n) is 1.68. The summed E-state index contributed by atoms with van der Waals surface area (Å²) in [6.45, 7) is 1.87. The monoisotopic (exact) mass is 199 g/mol. The molecule has 76 valence electrons. The van der Waals surface area contributed by atoms with Crippen LogP contribution in [0.1, 0.15) is 19.8 Å². The largest absolute Gasteiger partial charge is 0.326 e. The fraction of sp³-hybridized carbons (Fsp3) is 0.300. The molecule has 0 unspecified atom stereocenters. The predicted octanol–water partition coefficient (Wildman–Crippen LogP) is 2.70. The fourth-order valence-electron chi connectivity index (χ4n) is 1.02.